The second-order valence-corrected chi connectivity index (χ2v) is 5.82. The fourth-order valence-corrected chi connectivity index (χ4v) is 2.83. The molecule has 4 nitrogen and oxygen atoms in total. The molecule has 0 aromatic heterocycles. The molecule has 0 fully saturated rings. The van der Waals surface area contributed by atoms with Crippen molar-refractivity contribution in [2.75, 3.05) is 13.2 Å². The highest BCUT2D eigenvalue weighted by atomic mass is 19.4. The number of hydrogen-bond donors (Lipinski definition) is 1. The molecule has 2 rings (SSSR count). The van der Waals surface area contributed by atoms with Crippen molar-refractivity contribution in [3.8, 4) is 0 Å². The average molecular weight is 370 g/mol. The number of carbonyl (C=O) groups is 1. The number of carbonyl (C=O) groups excluding carboxylic acids is 1. The van der Waals surface area contributed by atoms with Gasteiger partial charge in [-0.1, -0.05) is 42.5 Å². The van der Waals surface area contributed by atoms with Crippen LogP contribution in [-0.4, -0.2) is 36.3 Å². The van der Waals surface area contributed by atoms with E-state index in [9.17, 15) is 23.1 Å². The minimum atomic E-state index is -5.16. The third-order valence-electron chi connectivity index (χ3n) is 4.07. The Bertz CT molecular complexity index is 760. The molecular formula is C19H21F3O4. The Hall–Kier alpha value is -2.12. The number of hydrogen-bond acceptors (Lipinski definition) is 4. The van der Waals surface area contributed by atoms with Gasteiger partial charge in [-0.2, -0.15) is 13.2 Å². The number of ether oxygens (including phenoxy) is 2. The van der Waals surface area contributed by atoms with Crippen molar-refractivity contribution in [2.45, 2.75) is 32.2 Å². The van der Waals surface area contributed by atoms with Crippen LogP contribution in [0.15, 0.2) is 42.5 Å². The van der Waals surface area contributed by atoms with E-state index in [2.05, 4.69) is 4.74 Å². The Morgan fingerprint density at radius 3 is 2.31 bits per heavy atom. The fraction of sp³-hybridized carbons (Fsp3) is 0.421. The van der Waals surface area contributed by atoms with Gasteiger partial charge in [-0.15, -0.1) is 0 Å². The second kappa shape index (κ2) is 8.05. The maximum absolute atomic E-state index is 13.5. The highest BCUT2D eigenvalue weighted by Gasteiger charge is 2.62. The number of aliphatic hydroxyl groups is 1. The first-order valence-corrected chi connectivity index (χ1v) is 8.30. The molecule has 7 heteroatoms. The van der Waals surface area contributed by atoms with Crippen molar-refractivity contribution >= 4 is 16.7 Å². The van der Waals surface area contributed by atoms with Gasteiger partial charge in [-0.3, -0.25) is 4.79 Å². The third-order valence-corrected chi connectivity index (χ3v) is 4.07. The lowest BCUT2D eigenvalue weighted by atomic mass is 9.89. The molecule has 0 saturated carbocycles. The standard InChI is InChI=1S/C19H21F3O4/c1-3-25-17(23)16(18(24,26-4-2)19(20,21)22)12-13-9-10-14-7-5-6-8-15(14)11-13/h5-11,16,24H,3-4,12H2,1-2H3. The molecule has 0 saturated heterocycles. The summed E-state index contributed by atoms with van der Waals surface area (Å²) < 4.78 is 49.9. The van der Waals surface area contributed by atoms with E-state index in [1.807, 2.05) is 18.2 Å². The van der Waals surface area contributed by atoms with Crippen molar-refractivity contribution < 1.29 is 32.5 Å². The molecule has 26 heavy (non-hydrogen) atoms. The predicted octanol–water partition coefficient (Wildman–Crippen LogP) is 3.85. The van der Waals surface area contributed by atoms with E-state index in [-0.39, 0.29) is 13.0 Å². The van der Waals surface area contributed by atoms with Crippen LogP contribution in [0.5, 0.6) is 0 Å². The Morgan fingerprint density at radius 1 is 1.08 bits per heavy atom. The zero-order chi connectivity index (χ0) is 19.4. The Labute approximate surface area is 149 Å². The van der Waals surface area contributed by atoms with E-state index in [1.54, 1.807) is 24.3 Å². The van der Waals surface area contributed by atoms with E-state index in [0.29, 0.717) is 5.56 Å². The Kier molecular flexibility index (Phi) is 6.26. The zero-order valence-electron chi connectivity index (χ0n) is 14.5. The van der Waals surface area contributed by atoms with Crippen LogP contribution < -0.4 is 0 Å². The number of halogens is 3. The number of rotatable bonds is 7. The van der Waals surface area contributed by atoms with Gasteiger partial charge in [0.05, 0.1) is 6.61 Å². The van der Waals surface area contributed by atoms with Crippen molar-refractivity contribution in [3.63, 3.8) is 0 Å². The first kappa shape index (κ1) is 20.2. The maximum Gasteiger partial charge on any atom is 0.444 e. The number of esters is 1. The van der Waals surface area contributed by atoms with Gasteiger partial charge in [0.1, 0.15) is 5.92 Å². The molecule has 2 aromatic carbocycles. The molecule has 0 aliphatic heterocycles. The van der Waals surface area contributed by atoms with Gasteiger partial charge in [0.15, 0.2) is 0 Å². The van der Waals surface area contributed by atoms with Crippen LogP contribution in [0.2, 0.25) is 0 Å². The van der Waals surface area contributed by atoms with Crippen molar-refractivity contribution in [3.05, 3.63) is 48.0 Å². The predicted molar refractivity (Wildman–Crippen MR) is 90.4 cm³/mol. The van der Waals surface area contributed by atoms with Gasteiger partial charge in [0.25, 0.3) is 5.79 Å². The monoisotopic (exact) mass is 370 g/mol. The second-order valence-electron chi connectivity index (χ2n) is 5.82. The summed E-state index contributed by atoms with van der Waals surface area (Å²) in [7, 11) is 0. The SMILES string of the molecule is CCOC(=O)C(Cc1ccc2ccccc2c1)C(O)(OCC)C(F)(F)F. The lowest BCUT2D eigenvalue weighted by Crippen LogP contribution is -2.57. The summed E-state index contributed by atoms with van der Waals surface area (Å²) in [5.41, 5.74) is 0.462. The van der Waals surface area contributed by atoms with Gasteiger partial charge in [-0.25, -0.2) is 0 Å². The van der Waals surface area contributed by atoms with E-state index in [1.165, 1.54) is 13.8 Å². The quantitative estimate of drug-likeness (QED) is 0.594. The first-order chi connectivity index (χ1) is 12.2. The molecule has 142 valence electrons. The Balaban J connectivity index is 2.44. The van der Waals surface area contributed by atoms with Crippen molar-refractivity contribution in [1.82, 2.24) is 0 Å². The van der Waals surface area contributed by atoms with Gasteiger partial charge >= 0.3 is 12.1 Å². The average Bonchev–Trinajstić information content (AvgIpc) is 2.58. The molecule has 0 spiro atoms. The number of alkyl halides is 3. The lowest BCUT2D eigenvalue weighted by Gasteiger charge is -2.35. The van der Waals surface area contributed by atoms with Crippen LogP contribution in [0.25, 0.3) is 10.8 Å². The Morgan fingerprint density at radius 2 is 1.73 bits per heavy atom. The third kappa shape index (κ3) is 4.16. The summed E-state index contributed by atoms with van der Waals surface area (Å²) in [6.07, 6.45) is -5.53. The number of fused-ring (bicyclic) bond motifs is 1. The molecular weight excluding hydrogens is 349 g/mol. The summed E-state index contributed by atoms with van der Waals surface area (Å²) in [5, 5.41) is 12.0. The van der Waals surface area contributed by atoms with Gasteiger partial charge in [-0.05, 0) is 36.6 Å². The summed E-state index contributed by atoms with van der Waals surface area (Å²) in [6.45, 7) is 2.28. The van der Waals surface area contributed by atoms with E-state index >= 15 is 0 Å². The van der Waals surface area contributed by atoms with E-state index in [4.69, 9.17) is 4.74 Å². The topological polar surface area (TPSA) is 55.8 Å². The van der Waals surface area contributed by atoms with Crippen LogP contribution in [-0.2, 0) is 20.7 Å². The number of benzene rings is 2. The molecule has 0 heterocycles. The van der Waals surface area contributed by atoms with E-state index < -0.39 is 30.5 Å². The van der Waals surface area contributed by atoms with Crippen LogP contribution in [0, 0.1) is 5.92 Å². The minimum absolute atomic E-state index is 0.104. The fourth-order valence-electron chi connectivity index (χ4n) is 2.83. The first-order valence-electron chi connectivity index (χ1n) is 8.30. The van der Waals surface area contributed by atoms with Gasteiger partial charge in [0, 0.05) is 6.61 Å². The summed E-state index contributed by atoms with van der Waals surface area (Å²) in [4.78, 5) is 12.2. The maximum atomic E-state index is 13.5. The van der Waals surface area contributed by atoms with Gasteiger partial charge in [0.2, 0.25) is 0 Å². The smallest absolute Gasteiger partial charge is 0.444 e. The minimum Gasteiger partial charge on any atom is -0.466 e. The molecule has 2 atom stereocenters. The normalized spacial score (nSPS) is 15.5. The summed E-state index contributed by atoms with van der Waals surface area (Å²) in [5.74, 6) is -6.72. The molecule has 0 aliphatic rings. The zero-order valence-corrected chi connectivity index (χ0v) is 14.5. The molecule has 2 aromatic rings. The summed E-state index contributed by atoms with van der Waals surface area (Å²) >= 11 is 0. The lowest BCUT2D eigenvalue weighted by molar-refractivity contribution is -0.381. The van der Waals surface area contributed by atoms with Crippen LogP contribution >= 0.6 is 0 Å². The molecule has 0 aliphatic carbocycles. The van der Waals surface area contributed by atoms with Crippen LogP contribution in [0.3, 0.4) is 0 Å². The van der Waals surface area contributed by atoms with Crippen molar-refractivity contribution in [2.24, 2.45) is 5.92 Å². The molecule has 0 radical (unpaired) electrons. The summed E-state index contributed by atoms with van der Waals surface area (Å²) in [6, 6.07) is 12.4. The van der Waals surface area contributed by atoms with Crippen molar-refractivity contribution in [1.29, 1.82) is 0 Å². The largest absolute Gasteiger partial charge is 0.466 e. The van der Waals surface area contributed by atoms with E-state index in [0.717, 1.165) is 10.8 Å². The highest BCUT2D eigenvalue weighted by Crippen LogP contribution is 2.40. The molecule has 0 amide bonds. The highest BCUT2D eigenvalue weighted by molar-refractivity contribution is 5.83. The molecule has 2 unspecified atom stereocenters. The van der Waals surface area contributed by atoms with Crippen LogP contribution in [0.4, 0.5) is 13.2 Å². The van der Waals surface area contributed by atoms with Crippen LogP contribution in [0.1, 0.15) is 19.4 Å². The molecule has 0 bridgehead atoms. The molecule has 1 N–H and O–H groups in total. The van der Waals surface area contributed by atoms with Gasteiger partial charge < -0.3 is 14.6 Å².